The molecule has 1 aromatic carbocycles. The summed E-state index contributed by atoms with van der Waals surface area (Å²) in [5.74, 6) is 0. The van der Waals surface area contributed by atoms with Crippen molar-refractivity contribution in [2.45, 2.75) is 25.8 Å². The lowest BCUT2D eigenvalue weighted by Crippen LogP contribution is -2.25. The topological polar surface area (TPSA) is 21.3 Å². The molecule has 1 aliphatic rings. The van der Waals surface area contributed by atoms with Gasteiger partial charge in [0.05, 0.1) is 18.9 Å². The molecule has 0 radical (unpaired) electrons. The predicted molar refractivity (Wildman–Crippen MR) is 78.8 cm³/mol. The van der Waals surface area contributed by atoms with Crippen molar-refractivity contribution >= 4 is 22.6 Å². The molecule has 1 aliphatic heterocycles. The fraction of sp³-hybridized carbons (Fsp3) is 0.429. The van der Waals surface area contributed by atoms with E-state index >= 15 is 0 Å². The summed E-state index contributed by atoms with van der Waals surface area (Å²) in [4.78, 5) is 0. The van der Waals surface area contributed by atoms with Crippen LogP contribution in [-0.4, -0.2) is 13.2 Å². The van der Waals surface area contributed by atoms with Crippen LogP contribution in [0.25, 0.3) is 0 Å². The summed E-state index contributed by atoms with van der Waals surface area (Å²) in [7, 11) is 0. The van der Waals surface area contributed by atoms with Gasteiger partial charge >= 0.3 is 0 Å². The lowest BCUT2D eigenvalue weighted by atomic mass is 9.95. The molecule has 1 N–H and O–H groups in total. The van der Waals surface area contributed by atoms with Crippen LogP contribution >= 0.6 is 22.6 Å². The lowest BCUT2D eigenvalue weighted by Gasteiger charge is -2.25. The summed E-state index contributed by atoms with van der Waals surface area (Å²) in [6.45, 7) is 3.97. The van der Waals surface area contributed by atoms with Gasteiger partial charge in [-0.15, -0.1) is 0 Å². The monoisotopic (exact) mass is 343 g/mol. The van der Waals surface area contributed by atoms with Gasteiger partial charge in [0.25, 0.3) is 0 Å². The van der Waals surface area contributed by atoms with Crippen molar-refractivity contribution in [3.8, 4) is 0 Å². The molecule has 92 valence electrons. The van der Waals surface area contributed by atoms with Crippen molar-refractivity contribution in [1.29, 1.82) is 0 Å². The van der Waals surface area contributed by atoms with Gasteiger partial charge in [-0.05, 0) is 59.2 Å². The average molecular weight is 343 g/mol. The quantitative estimate of drug-likeness (QED) is 0.843. The lowest BCUT2D eigenvalue weighted by molar-refractivity contribution is 0.219. The van der Waals surface area contributed by atoms with Gasteiger partial charge in [0, 0.05) is 3.57 Å². The maximum absolute atomic E-state index is 5.47. The number of rotatable bonds is 4. The smallest absolute Gasteiger partial charge is 0.0876 e. The minimum atomic E-state index is 0.299. The fourth-order valence-electron chi connectivity index (χ4n) is 2.15. The number of likely N-dealkylation sites (N-methyl/N-ethyl adjacent to an activating group) is 1. The minimum absolute atomic E-state index is 0.299. The normalized spacial score (nSPS) is 17.2. The maximum Gasteiger partial charge on any atom is 0.0876 e. The van der Waals surface area contributed by atoms with E-state index in [9.17, 15) is 0 Å². The van der Waals surface area contributed by atoms with E-state index in [1.165, 1.54) is 14.7 Å². The van der Waals surface area contributed by atoms with E-state index < -0.39 is 0 Å². The van der Waals surface area contributed by atoms with E-state index in [1.54, 1.807) is 0 Å². The molecule has 0 amide bonds. The highest BCUT2D eigenvalue weighted by molar-refractivity contribution is 14.1. The Kier molecular flexibility index (Phi) is 4.86. The van der Waals surface area contributed by atoms with Crippen LogP contribution in [0.4, 0.5) is 0 Å². The average Bonchev–Trinajstić information content (AvgIpc) is 2.38. The molecule has 2 nitrogen and oxygen atoms in total. The van der Waals surface area contributed by atoms with E-state index in [0.29, 0.717) is 6.04 Å². The molecule has 0 fully saturated rings. The zero-order valence-electron chi connectivity index (χ0n) is 10.1. The molecule has 17 heavy (non-hydrogen) atoms. The molecule has 0 saturated heterocycles. The van der Waals surface area contributed by atoms with E-state index in [-0.39, 0.29) is 0 Å². The summed E-state index contributed by atoms with van der Waals surface area (Å²) in [5.41, 5.74) is 2.72. The SMILES string of the molecule is CCNC(C1=COCCC1)c1ccccc1I. The Balaban J connectivity index is 2.28. The highest BCUT2D eigenvalue weighted by atomic mass is 127. The Morgan fingerprint density at radius 1 is 1.41 bits per heavy atom. The standard InChI is InChI=1S/C14H18INO/c1-2-16-14(11-6-5-9-17-10-11)12-7-3-4-8-13(12)15/h3-4,7-8,10,14,16H,2,5-6,9H2,1H3. The zero-order chi connectivity index (χ0) is 12.1. The van der Waals surface area contributed by atoms with Crippen LogP contribution in [0.2, 0.25) is 0 Å². The molecule has 3 heteroatoms. The van der Waals surface area contributed by atoms with Crippen LogP contribution in [0.15, 0.2) is 36.1 Å². The van der Waals surface area contributed by atoms with Crippen LogP contribution in [0.1, 0.15) is 31.4 Å². The van der Waals surface area contributed by atoms with Crippen LogP contribution in [0.5, 0.6) is 0 Å². The van der Waals surface area contributed by atoms with Gasteiger partial charge in [-0.25, -0.2) is 0 Å². The van der Waals surface area contributed by atoms with Crippen molar-refractivity contribution in [3.05, 3.63) is 45.2 Å². The fourth-order valence-corrected chi connectivity index (χ4v) is 2.85. The summed E-state index contributed by atoms with van der Waals surface area (Å²) < 4.78 is 6.77. The number of nitrogens with one attached hydrogen (secondary N) is 1. The van der Waals surface area contributed by atoms with E-state index in [2.05, 4.69) is 59.1 Å². The highest BCUT2D eigenvalue weighted by Gasteiger charge is 2.19. The Morgan fingerprint density at radius 2 is 2.24 bits per heavy atom. The third-order valence-electron chi connectivity index (χ3n) is 2.96. The largest absolute Gasteiger partial charge is 0.501 e. The molecule has 0 aromatic heterocycles. The van der Waals surface area contributed by atoms with Crippen LogP contribution in [0, 0.1) is 3.57 Å². The Bertz CT molecular complexity index is 403. The van der Waals surface area contributed by atoms with Crippen LogP contribution < -0.4 is 5.32 Å². The molecule has 0 saturated carbocycles. The molecular formula is C14H18INO. The van der Waals surface area contributed by atoms with Crippen molar-refractivity contribution in [3.63, 3.8) is 0 Å². The first-order valence-corrected chi connectivity index (χ1v) is 7.19. The number of ether oxygens (including phenoxy) is 1. The molecule has 0 aliphatic carbocycles. The summed E-state index contributed by atoms with van der Waals surface area (Å²) in [5, 5.41) is 3.56. The van der Waals surface area contributed by atoms with Gasteiger partial charge in [0.1, 0.15) is 0 Å². The third-order valence-corrected chi connectivity index (χ3v) is 3.94. The van der Waals surface area contributed by atoms with E-state index in [1.807, 2.05) is 6.26 Å². The number of hydrogen-bond acceptors (Lipinski definition) is 2. The molecule has 0 spiro atoms. The Hall–Kier alpha value is -0.550. The van der Waals surface area contributed by atoms with Crippen molar-refractivity contribution in [2.75, 3.05) is 13.2 Å². The van der Waals surface area contributed by atoms with E-state index in [4.69, 9.17) is 4.74 Å². The van der Waals surface area contributed by atoms with Crippen molar-refractivity contribution in [2.24, 2.45) is 0 Å². The first-order chi connectivity index (χ1) is 8.33. The van der Waals surface area contributed by atoms with Gasteiger partial charge in [0.15, 0.2) is 0 Å². The summed E-state index contributed by atoms with van der Waals surface area (Å²) in [6, 6.07) is 8.84. The first-order valence-electron chi connectivity index (χ1n) is 6.11. The molecule has 0 bridgehead atoms. The summed E-state index contributed by atoms with van der Waals surface area (Å²) >= 11 is 2.40. The van der Waals surface area contributed by atoms with Crippen LogP contribution in [0.3, 0.4) is 0 Å². The van der Waals surface area contributed by atoms with Crippen molar-refractivity contribution in [1.82, 2.24) is 5.32 Å². The van der Waals surface area contributed by atoms with E-state index in [0.717, 1.165) is 26.0 Å². The molecule has 2 rings (SSSR count). The van der Waals surface area contributed by atoms with Crippen LogP contribution in [-0.2, 0) is 4.74 Å². The highest BCUT2D eigenvalue weighted by Crippen LogP contribution is 2.30. The zero-order valence-corrected chi connectivity index (χ0v) is 12.2. The Labute approximate surface area is 117 Å². The van der Waals surface area contributed by atoms with Gasteiger partial charge in [-0.1, -0.05) is 25.1 Å². The molecular weight excluding hydrogens is 325 g/mol. The van der Waals surface area contributed by atoms with Gasteiger partial charge < -0.3 is 10.1 Å². The minimum Gasteiger partial charge on any atom is -0.501 e. The Morgan fingerprint density at radius 3 is 2.88 bits per heavy atom. The second kappa shape index (κ2) is 6.40. The van der Waals surface area contributed by atoms with Crippen molar-refractivity contribution < 1.29 is 4.74 Å². The van der Waals surface area contributed by atoms with Gasteiger partial charge in [0.2, 0.25) is 0 Å². The second-order valence-corrected chi connectivity index (χ2v) is 5.34. The summed E-state index contributed by atoms with van der Waals surface area (Å²) in [6.07, 6.45) is 4.19. The number of benzene rings is 1. The van der Waals surface area contributed by atoms with Gasteiger partial charge in [-0.2, -0.15) is 0 Å². The maximum atomic E-state index is 5.47. The second-order valence-electron chi connectivity index (χ2n) is 4.18. The molecule has 1 atom stereocenters. The number of halogens is 1. The predicted octanol–water partition coefficient (Wildman–Crippen LogP) is 3.64. The first kappa shape index (κ1) is 12.9. The number of hydrogen-bond donors (Lipinski definition) is 1. The molecule has 1 aromatic rings. The van der Waals surface area contributed by atoms with Gasteiger partial charge in [-0.3, -0.25) is 0 Å². The third kappa shape index (κ3) is 3.22. The molecule has 1 unspecified atom stereocenters. The molecule has 1 heterocycles.